The van der Waals surface area contributed by atoms with Crippen molar-refractivity contribution in [2.24, 2.45) is 11.1 Å². The molecule has 0 saturated carbocycles. The van der Waals surface area contributed by atoms with Crippen molar-refractivity contribution in [2.75, 3.05) is 0 Å². The van der Waals surface area contributed by atoms with Crippen LogP contribution in [0, 0.1) is 16.0 Å². The Bertz CT molecular complexity index is 1100. The SMILES string of the molecule is O=C(c1ccccc1)[C@@H]1C(c2ccccc2[N+](=O)[O-])=NO[C@H]1c1ccc(Cl)cc1. The predicted octanol–water partition coefficient (Wildman–Crippen LogP) is 5.22. The summed E-state index contributed by atoms with van der Waals surface area (Å²) < 4.78 is 0. The van der Waals surface area contributed by atoms with Gasteiger partial charge < -0.3 is 4.84 Å². The van der Waals surface area contributed by atoms with Gasteiger partial charge in [0.25, 0.3) is 5.69 Å². The normalized spacial score (nSPS) is 18.0. The number of hydrogen-bond donors (Lipinski definition) is 0. The first-order valence-corrected chi connectivity index (χ1v) is 9.26. The number of Topliss-reactive ketones (excluding diaryl/α,β-unsaturated/α-hetero) is 1. The van der Waals surface area contributed by atoms with E-state index in [2.05, 4.69) is 5.16 Å². The number of carbonyl (C=O) groups excluding carboxylic acids is 1. The van der Waals surface area contributed by atoms with Crippen LogP contribution in [0.5, 0.6) is 0 Å². The summed E-state index contributed by atoms with van der Waals surface area (Å²) in [6, 6.07) is 21.9. The number of ketones is 1. The summed E-state index contributed by atoms with van der Waals surface area (Å²) in [7, 11) is 0. The van der Waals surface area contributed by atoms with Crippen molar-refractivity contribution in [1.82, 2.24) is 0 Å². The molecule has 0 radical (unpaired) electrons. The molecular formula is C22H15ClN2O4. The second-order valence-electron chi connectivity index (χ2n) is 6.54. The van der Waals surface area contributed by atoms with Gasteiger partial charge in [-0.25, -0.2) is 0 Å². The Kier molecular flexibility index (Phi) is 5.10. The first kappa shape index (κ1) is 18.8. The highest BCUT2D eigenvalue weighted by atomic mass is 35.5. The summed E-state index contributed by atoms with van der Waals surface area (Å²) in [4.78, 5) is 30.1. The van der Waals surface area contributed by atoms with Crippen LogP contribution >= 0.6 is 11.6 Å². The maximum atomic E-state index is 13.4. The number of oxime groups is 1. The first-order chi connectivity index (χ1) is 14.1. The van der Waals surface area contributed by atoms with Crippen LogP contribution in [-0.2, 0) is 4.84 Å². The van der Waals surface area contributed by atoms with E-state index in [0.717, 1.165) is 0 Å². The highest BCUT2D eigenvalue weighted by Crippen LogP contribution is 2.39. The summed E-state index contributed by atoms with van der Waals surface area (Å²) in [5.74, 6) is -1.06. The summed E-state index contributed by atoms with van der Waals surface area (Å²) in [5.41, 5.74) is 1.57. The van der Waals surface area contributed by atoms with E-state index >= 15 is 0 Å². The lowest BCUT2D eigenvalue weighted by atomic mass is 9.83. The smallest absolute Gasteiger partial charge is 0.278 e. The quantitative estimate of drug-likeness (QED) is 0.330. The fourth-order valence-corrected chi connectivity index (χ4v) is 3.52. The number of nitrogens with zero attached hydrogens (tertiary/aromatic N) is 2. The van der Waals surface area contributed by atoms with Crippen LogP contribution in [0.15, 0.2) is 84.0 Å². The zero-order valence-corrected chi connectivity index (χ0v) is 15.8. The summed E-state index contributed by atoms with van der Waals surface area (Å²) in [6.07, 6.45) is -0.713. The average molecular weight is 407 g/mol. The van der Waals surface area contributed by atoms with Gasteiger partial charge in [0, 0.05) is 16.7 Å². The van der Waals surface area contributed by atoms with Crippen LogP contribution in [-0.4, -0.2) is 16.4 Å². The molecule has 0 unspecified atom stereocenters. The van der Waals surface area contributed by atoms with Gasteiger partial charge in [-0.05, 0) is 23.8 Å². The van der Waals surface area contributed by atoms with E-state index in [0.29, 0.717) is 16.1 Å². The molecule has 1 heterocycles. The first-order valence-electron chi connectivity index (χ1n) is 8.88. The lowest BCUT2D eigenvalue weighted by Gasteiger charge is -2.18. The molecule has 0 spiro atoms. The average Bonchev–Trinajstić information content (AvgIpc) is 3.19. The van der Waals surface area contributed by atoms with Crippen molar-refractivity contribution in [1.29, 1.82) is 0 Å². The van der Waals surface area contributed by atoms with Crippen molar-refractivity contribution >= 4 is 28.8 Å². The van der Waals surface area contributed by atoms with E-state index in [9.17, 15) is 14.9 Å². The number of rotatable bonds is 5. The van der Waals surface area contributed by atoms with Crippen LogP contribution in [0.25, 0.3) is 0 Å². The molecule has 4 rings (SSSR count). The van der Waals surface area contributed by atoms with Crippen LogP contribution in [0.3, 0.4) is 0 Å². The summed E-state index contributed by atoms with van der Waals surface area (Å²) >= 11 is 5.98. The van der Waals surface area contributed by atoms with Crippen molar-refractivity contribution in [3.05, 3.63) is 111 Å². The third kappa shape index (κ3) is 3.62. The highest BCUT2D eigenvalue weighted by molar-refractivity contribution is 6.30. The van der Waals surface area contributed by atoms with Crippen LogP contribution < -0.4 is 0 Å². The minimum absolute atomic E-state index is 0.127. The third-order valence-corrected chi connectivity index (χ3v) is 5.03. The topological polar surface area (TPSA) is 81.8 Å². The van der Waals surface area contributed by atoms with Crippen molar-refractivity contribution in [2.45, 2.75) is 6.10 Å². The Balaban J connectivity index is 1.82. The number of nitro groups is 1. The Labute approximate surface area is 171 Å². The van der Waals surface area contributed by atoms with Crippen molar-refractivity contribution < 1.29 is 14.6 Å². The van der Waals surface area contributed by atoms with Gasteiger partial charge in [0.1, 0.15) is 11.6 Å². The molecule has 2 atom stereocenters. The number of para-hydroxylation sites is 1. The Hall–Kier alpha value is -3.51. The lowest BCUT2D eigenvalue weighted by molar-refractivity contribution is -0.385. The summed E-state index contributed by atoms with van der Waals surface area (Å²) in [6.45, 7) is 0. The van der Waals surface area contributed by atoms with E-state index in [-0.39, 0.29) is 22.7 Å². The van der Waals surface area contributed by atoms with Gasteiger partial charge in [-0.2, -0.15) is 0 Å². The van der Waals surface area contributed by atoms with Crippen molar-refractivity contribution in [3.63, 3.8) is 0 Å². The van der Waals surface area contributed by atoms with E-state index in [4.69, 9.17) is 16.4 Å². The van der Waals surface area contributed by atoms with Crippen molar-refractivity contribution in [3.8, 4) is 0 Å². The second-order valence-corrected chi connectivity index (χ2v) is 6.97. The molecule has 3 aromatic carbocycles. The fourth-order valence-electron chi connectivity index (χ4n) is 3.39. The number of benzene rings is 3. The maximum Gasteiger partial charge on any atom is 0.278 e. The molecule has 0 saturated heterocycles. The van der Waals surface area contributed by atoms with Gasteiger partial charge in [0.2, 0.25) is 0 Å². The minimum atomic E-state index is -0.834. The molecule has 1 aliphatic heterocycles. The van der Waals surface area contributed by atoms with E-state index in [1.165, 1.54) is 6.07 Å². The molecule has 0 N–H and O–H groups in total. The maximum absolute atomic E-state index is 13.4. The number of hydrogen-bond acceptors (Lipinski definition) is 5. The van der Waals surface area contributed by atoms with Crippen LogP contribution in [0.1, 0.15) is 27.6 Å². The van der Waals surface area contributed by atoms with Gasteiger partial charge in [0.15, 0.2) is 11.9 Å². The molecule has 0 bridgehead atoms. The molecule has 144 valence electrons. The molecule has 3 aromatic rings. The molecule has 0 aromatic heterocycles. The van der Waals surface area contributed by atoms with E-state index in [1.807, 2.05) is 6.07 Å². The van der Waals surface area contributed by atoms with Crippen LogP contribution in [0.2, 0.25) is 5.02 Å². The number of halogens is 1. The molecule has 0 aliphatic carbocycles. The molecule has 1 aliphatic rings. The molecule has 29 heavy (non-hydrogen) atoms. The Morgan fingerprint density at radius 1 is 0.966 bits per heavy atom. The molecular weight excluding hydrogens is 392 g/mol. The third-order valence-electron chi connectivity index (χ3n) is 4.78. The monoisotopic (exact) mass is 406 g/mol. The summed E-state index contributed by atoms with van der Waals surface area (Å²) in [5, 5.41) is 16.2. The molecule has 7 heteroatoms. The van der Waals surface area contributed by atoms with E-state index in [1.54, 1.807) is 66.7 Å². The zero-order valence-electron chi connectivity index (χ0n) is 15.1. The predicted molar refractivity (Wildman–Crippen MR) is 109 cm³/mol. The van der Waals surface area contributed by atoms with Crippen LogP contribution in [0.4, 0.5) is 5.69 Å². The molecule has 0 fully saturated rings. The Morgan fingerprint density at radius 2 is 1.62 bits per heavy atom. The fraction of sp³-hybridized carbons (Fsp3) is 0.0909. The minimum Gasteiger partial charge on any atom is -0.386 e. The molecule has 0 amide bonds. The van der Waals surface area contributed by atoms with Gasteiger partial charge in [-0.15, -0.1) is 0 Å². The molecule has 6 nitrogen and oxygen atoms in total. The van der Waals surface area contributed by atoms with Gasteiger partial charge >= 0.3 is 0 Å². The zero-order chi connectivity index (χ0) is 20.4. The van der Waals surface area contributed by atoms with Gasteiger partial charge in [-0.1, -0.05) is 71.4 Å². The Morgan fingerprint density at radius 3 is 2.31 bits per heavy atom. The van der Waals surface area contributed by atoms with E-state index < -0.39 is 16.9 Å². The largest absolute Gasteiger partial charge is 0.386 e. The second kappa shape index (κ2) is 7.85. The van der Waals surface area contributed by atoms with Gasteiger partial charge in [-0.3, -0.25) is 14.9 Å². The number of nitro benzene ring substituents is 1. The lowest BCUT2D eigenvalue weighted by Crippen LogP contribution is -2.28. The standard InChI is InChI=1S/C22H15ClN2O4/c23-16-12-10-15(11-13-16)22-19(21(26)14-6-2-1-3-7-14)20(24-29-22)17-8-4-5-9-18(17)25(27)28/h1-13,19,22H/t19-,22-/m0/s1. The van der Waals surface area contributed by atoms with Gasteiger partial charge in [0.05, 0.1) is 10.5 Å². The number of carbonyl (C=O) groups is 1. The highest BCUT2D eigenvalue weighted by Gasteiger charge is 2.43.